The summed E-state index contributed by atoms with van der Waals surface area (Å²) in [5.74, 6) is -3.63. The molecule has 0 spiro atoms. The lowest BCUT2D eigenvalue weighted by Crippen LogP contribution is -2.11. The minimum absolute atomic E-state index is 0.108. The molecule has 0 heterocycles. The van der Waals surface area contributed by atoms with Crippen molar-refractivity contribution >= 4 is 5.97 Å². The average molecular weight is 228 g/mol. The van der Waals surface area contributed by atoms with Gasteiger partial charge < -0.3 is 5.11 Å². The molecule has 4 heteroatoms. The van der Waals surface area contributed by atoms with E-state index in [2.05, 4.69) is 0 Å². The van der Waals surface area contributed by atoms with Crippen molar-refractivity contribution in [2.75, 3.05) is 0 Å². The predicted octanol–water partition coefficient (Wildman–Crippen LogP) is 3.25. The SMILES string of the molecule is CC(C)(C)Cc1cc(F)c(C(=O)O)c(F)c1. The summed E-state index contributed by atoms with van der Waals surface area (Å²) in [4.78, 5) is 10.6. The van der Waals surface area contributed by atoms with E-state index < -0.39 is 23.2 Å². The maximum atomic E-state index is 13.3. The molecule has 0 atom stereocenters. The zero-order valence-electron chi connectivity index (χ0n) is 9.47. The van der Waals surface area contributed by atoms with Gasteiger partial charge in [0, 0.05) is 0 Å². The van der Waals surface area contributed by atoms with Gasteiger partial charge in [0.05, 0.1) is 0 Å². The minimum atomic E-state index is -1.59. The van der Waals surface area contributed by atoms with Crippen molar-refractivity contribution in [3.8, 4) is 0 Å². The Balaban J connectivity index is 3.15. The number of halogens is 2. The molecule has 0 aliphatic rings. The van der Waals surface area contributed by atoms with Crippen LogP contribution in [-0.2, 0) is 6.42 Å². The second kappa shape index (κ2) is 4.20. The van der Waals surface area contributed by atoms with Gasteiger partial charge >= 0.3 is 5.97 Å². The van der Waals surface area contributed by atoms with E-state index in [9.17, 15) is 13.6 Å². The molecule has 0 unspecified atom stereocenters. The maximum Gasteiger partial charge on any atom is 0.341 e. The molecule has 0 amide bonds. The van der Waals surface area contributed by atoms with Gasteiger partial charge in [0.1, 0.15) is 17.2 Å². The molecule has 1 aromatic rings. The maximum absolute atomic E-state index is 13.3. The average Bonchev–Trinajstić information content (AvgIpc) is 1.96. The molecule has 0 saturated heterocycles. The molecule has 16 heavy (non-hydrogen) atoms. The summed E-state index contributed by atoms with van der Waals surface area (Å²) < 4.78 is 26.6. The van der Waals surface area contributed by atoms with E-state index >= 15 is 0 Å². The number of rotatable bonds is 2. The van der Waals surface area contributed by atoms with Gasteiger partial charge in [-0.15, -0.1) is 0 Å². The standard InChI is InChI=1S/C12H14F2O2/c1-12(2,3)6-7-4-8(13)10(11(15)16)9(14)5-7/h4-5H,6H2,1-3H3,(H,15,16). The zero-order valence-corrected chi connectivity index (χ0v) is 9.47. The fraction of sp³-hybridized carbons (Fsp3) is 0.417. The highest BCUT2D eigenvalue weighted by molar-refractivity contribution is 5.88. The van der Waals surface area contributed by atoms with Gasteiger partial charge in [-0.1, -0.05) is 20.8 Å². The molecular weight excluding hydrogens is 214 g/mol. The Morgan fingerprint density at radius 3 is 2.00 bits per heavy atom. The minimum Gasteiger partial charge on any atom is -0.477 e. The first-order valence-corrected chi connectivity index (χ1v) is 4.92. The van der Waals surface area contributed by atoms with Gasteiger partial charge in [-0.2, -0.15) is 0 Å². The van der Waals surface area contributed by atoms with Crippen LogP contribution in [0.2, 0.25) is 0 Å². The number of carbonyl (C=O) groups is 1. The Hall–Kier alpha value is -1.45. The van der Waals surface area contributed by atoms with E-state index in [1.165, 1.54) is 0 Å². The zero-order chi connectivity index (χ0) is 12.5. The van der Waals surface area contributed by atoms with Crippen LogP contribution >= 0.6 is 0 Å². The van der Waals surface area contributed by atoms with Gasteiger partial charge in [-0.25, -0.2) is 13.6 Å². The molecule has 1 rings (SSSR count). The van der Waals surface area contributed by atoms with Crippen LogP contribution in [0.4, 0.5) is 8.78 Å². The lowest BCUT2D eigenvalue weighted by molar-refractivity contribution is 0.0686. The number of aromatic carboxylic acids is 1. The first-order chi connectivity index (χ1) is 7.20. The van der Waals surface area contributed by atoms with Gasteiger partial charge in [-0.05, 0) is 29.5 Å². The molecular formula is C12H14F2O2. The summed E-state index contributed by atoms with van der Waals surface area (Å²) in [6, 6.07) is 2.16. The summed E-state index contributed by atoms with van der Waals surface area (Å²) in [5, 5.41) is 8.59. The van der Waals surface area contributed by atoms with Crippen LogP contribution in [-0.4, -0.2) is 11.1 Å². The lowest BCUT2D eigenvalue weighted by Gasteiger charge is -2.18. The van der Waals surface area contributed by atoms with Crippen molar-refractivity contribution < 1.29 is 18.7 Å². The van der Waals surface area contributed by atoms with Crippen molar-refractivity contribution in [1.29, 1.82) is 0 Å². The highest BCUT2D eigenvalue weighted by Crippen LogP contribution is 2.23. The van der Waals surface area contributed by atoms with E-state index in [1.54, 1.807) is 0 Å². The third-order valence-electron chi connectivity index (χ3n) is 2.05. The number of carboxylic acid groups (broad SMARTS) is 1. The van der Waals surface area contributed by atoms with Crippen molar-refractivity contribution in [3.05, 3.63) is 34.9 Å². The van der Waals surface area contributed by atoms with E-state index in [1.807, 2.05) is 20.8 Å². The molecule has 0 aliphatic carbocycles. The first kappa shape index (κ1) is 12.6. The quantitative estimate of drug-likeness (QED) is 0.843. The van der Waals surface area contributed by atoms with Crippen LogP contribution in [0.5, 0.6) is 0 Å². The molecule has 1 aromatic carbocycles. The van der Waals surface area contributed by atoms with Gasteiger partial charge in [0.2, 0.25) is 0 Å². The van der Waals surface area contributed by atoms with Crippen LogP contribution in [0.3, 0.4) is 0 Å². The number of carboxylic acids is 1. The van der Waals surface area contributed by atoms with E-state index in [0.717, 1.165) is 12.1 Å². The van der Waals surface area contributed by atoms with E-state index in [4.69, 9.17) is 5.11 Å². The third-order valence-corrected chi connectivity index (χ3v) is 2.05. The fourth-order valence-corrected chi connectivity index (χ4v) is 1.54. The Labute approximate surface area is 92.9 Å². The molecule has 0 fully saturated rings. The predicted molar refractivity (Wildman–Crippen MR) is 56.5 cm³/mol. The Morgan fingerprint density at radius 2 is 1.69 bits per heavy atom. The van der Waals surface area contributed by atoms with Crippen LogP contribution in [0, 0.1) is 17.0 Å². The van der Waals surface area contributed by atoms with Crippen LogP contribution < -0.4 is 0 Å². The Bertz CT molecular complexity index is 397. The van der Waals surface area contributed by atoms with Crippen LogP contribution in [0.15, 0.2) is 12.1 Å². The highest BCUT2D eigenvalue weighted by atomic mass is 19.1. The molecule has 0 saturated carbocycles. The fourth-order valence-electron chi connectivity index (χ4n) is 1.54. The van der Waals surface area contributed by atoms with Crippen molar-refractivity contribution in [3.63, 3.8) is 0 Å². The molecule has 0 aliphatic heterocycles. The van der Waals surface area contributed by atoms with Crippen molar-refractivity contribution in [2.45, 2.75) is 27.2 Å². The number of hydrogen-bond donors (Lipinski definition) is 1. The smallest absolute Gasteiger partial charge is 0.341 e. The molecule has 0 radical (unpaired) electrons. The molecule has 0 aromatic heterocycles. The Kier molecular flexibility index (Phi) is 3.31. The molecule has 0 bridgehead atoms. The van der Waals surface area contributed by atoms with Crippen molar-refractivity contribution in [1.82, 2.24) is 0 Å². The third kappa shape index (κ3) is 3.02. The number of hydrogen-bond acceptors (Lipinski definition) is 1. The number of benzene rings is 1. The molecule has 88 valence electrons. The summed E-state index contributed by atoms with van der Waals surface area (Å²) >= 11 is 0. The normalized spacial score (nSPS) is 11.6. The van der Waals surface area contributed by atoms with Gasteiger partial charge in [-0.3, -0.25) is 0 Å². The van der Waals surface area contributed by atoms with Gasteiger partial charge in [0.15, 0.2) is 0 Å². The summed E-state index contributed by atoms with van der Waals surface area (Å²) in [6.07, 6.45) is 0.487. The van der Waals surface area contributed by atoms with E-state index in [-0.39, 0.29) is 5.41 Å². The van der Waals surface area contributed by atoms with E-state index in [0.29, 0.717) is 12.0 Å². The second-order valence-electron chi connectivity index (χ2n) is 4.98. The van der Waals surface area contributed by atoms with Crippen molar-refractivity contribution in [2.24, 2.45) is 5.41 Å². The second-order valence-corrected chi connectivity index (χ2v) is 4.98. The summed E-state index contributed by atoms with van der Waals surface area (Å²) in [6.45, 7) is 5.82. The molecule has 1 N–H and O–H groups in total. The van der Waals surface area contributed by atoms with Crippen LogP contribution in [0.25, 0.3) is 0 Å². The Morgan fingerprint density at radius 1 is 1.25 bits per heavy atom. The van der Waals surface area contributed by atoms with Gasteiger partial charge in [0.25, 0.3) is 0 Å². The highest BCUT2D eigenvalue weighted by Gasteiger charge is 2.19. The lowest BCUT2D eigenvalue weighted by atomic mass is 9.88. The summed E-state index contributed by atoms with van der Waals surface area (Å²) in [7, 11) is 0. The first-order valence-electron chi connectivity index (χ1n) is 4.92. The molecule has 2 nitrogen and oxygen atoms in total. The van der Waals surface area contributed by atoms with Crippen LogP contribution in [0.1, 0.15) is 36.7 Å². The summed E-state index contributed by atoms with van der Waals surface area (Å²) in [5.41, 5.74) is -0.533. The monoisotopic (exact) mass is 228 g/mol. The largest absolute Gasteiger partial charge is 0.477 e. The topological polar surface area (TPSA) is 37.3 Å².